The topological polar surface area (TPSA) is 73.6 Å². The lowest BCUT2D eigenvalue weighted by Gasteiger charge is -2.13. The van der Waals surface area contributed by atoms with Crippen LogP contribution in [0.25, 0.3) is 0 Å². The van der Waals surface area contributed by atoms with Crippen molar-refractivity contribution in [1.29, 1.82) is 0 Å². The molecule has 0 fully saturated rings. The first-order valence-corrected chi connectivity index (χ1v) is 5.99. The Morgan fingerprint density at radius 2 is 2.22 bits per heavy atom. The molecule has 18 heavy (non-hydrogen) atoms. The number of nitrogens with two attached hydrogens (primary N) is 1. The monoisotopic (exact) mass is 252 g/mol. The molecule has 0 aromatic heterocycles. The van der Waals surface area contributed by atoms with E-state index in [9.17, 15) is 4.79 Å². The summed E-state index contributed by atoms with van der Waals surface area (Å²) in [6.07, 6.45) is 0.850. The van der Waals surface area contributed by atoms with E-state index in [0.29, 0.717) is 36.7 Å². The molecule has 0 spiro atoms. The molecule has 5 nitrogen and oxygen atoms in total. The van der Waals surface area contributed by atoms with Gasteiger partial charge in [0, 0.05) is 19.8 Å². The zero-order chi connectivity index (χ0) is 13.4. The van der Waals surface area contributed by atoms with Crippen LogP contribution >= 0.6 is 0 Å². The van der Waals surface area contributed by atoms with Crippen molar-refractivity contribution in [2.45, 2.75) is 13.3 Å². The number of carbonyl (C=O) groups excluding carboxylic acids is 1. The Labute approximate surface area is 107 Å². The van der Waals surface area contributed by atoms with Crippen LogP contribution in [0.2, 0.25) is 0 Å². The van der Waals surface area contributed by atoms with Gasteiger partial charge in [0.05, 0.1) is 24.0 Å². The molecule has 0 aliphatic heterocycles. The van der Waals surface area contributed by atoms with E-state index in [1.54, 1.807) is 18.2 Å². The van der Waals surface area contributed by atoms with Gasteiger partial charge in [0.1, 0.15) is 0 Å². The minimum Gasteiger partial charge on any atom is -0.465 e. The number of methoxy groups -OCH3 is 1. The quantitative estimate of drug-likeness (QED) is 0.440. The maximum absolute atomic E-state index is 11.6. The van der Waals surface area contributed by atoms with E-state index in [1.165, 1.54) is 7.11 Å². The lowest BCUT2D eigenvalue weighted by Crippen LogP contribution is -2.12. The van der Waals surface area contributed by atoms with Crippen LogP contribution < -0.4 is 11.1 Å². The molecule has 1 aromatic carbocycles. The summed E-state index contributed by atoms with van der Waals surface area (Å²) in [4.78, 5) is 11.6. The first-order valence-electron chi connectivity index (χ1n) is 5.99. The van der Waals surface area contributed by atoms with Crippen LogP contribution in [0.3, 0.4) is 0 Å². The first kappa shape index (κ1) is 14.3. The second-order valence-corrected chi connectivity index (χ2v) is 3.74. The number of ether oxygens (including phenoxy) is 2. The lowest BCUT2D eigenvalue weighted by molar-refractivity contribution is 0.0602. The molecule has 1 rings (SSSR count). The fraction of sp³-hybridized carbons (Fsp3) is 0.462. The maximum atomic E-state index is 11.6. The second kappa shape index (κ2) is 7.55. The Kier molecular flexibility index (Phi) is 6.00. The summed E-state index contributed by atoms with van der Waals surface area (Å²) in [5.74, 6) is -0.394. The highest BCUT2D eigenvalue weighted by molar-refractivity contribution is 5.98. The van der Waals surface area contributed by atoms with E-state index in [-0.39, 0.29) is 0 Å². The van der Waals surface area contributed by atoms with Gasteiger partial charge in [-0.05, 0) is 25.5 Å². The molecular formula is C13H20N2O3. The third kappa shape index (κ3) is 3.92. The summed E-state index contributed by atoms with van der Waals surface area (Å²) in [5, 5.41) is 3.15. The van der Waals surface area contributed by atoms with E-state index in [2.05, 4.69) is 5.32 Å². The van der Waals surface area contributed by atoms with E-state index in [0.717, 1.165) is 6.42 Å². The van der Waals surface area contributed by atoms with Crippen molar-refractivity contribution in [2.24, 2.45) is 0 Å². The van der Waals surface area contributed by atoms with Crippen LogP contribution in [0.15, 0.2) is 18.2 Å². The molecular weight excluding hydrogens is 232 g/mol. The second-order valence-electron chi connectivity index (χ2n) is 3.74. The summed E-state index contributed by atoms with van der Waals surface area (Å²) < 4.78 is 9.96. The van der Waals surface area contributed by atoms with E-state index in [4.69, 9.17) is 15.2 Å². The Bertz CT molecular complexity index is 394. The highest BCUT2D eigenvalue weighted by Crippen LogP contribution is 2.24. The van der Waals surface area contributed by atoms with Crippen molar-refractivity contribution in [2.75, 3.05) is 37.9 Å². The van der Waals surface area contributed by atoms with Crippen LogP contribution in [0.4, 0.5) is 11.4 Å². The molecule has 0 aliphatic rings. The molecule has 100 valence electrons. The molecule has 5 heteroatoms. The van der Waals surface area contributed by atoms with Gasteiger partial charge < -0.3 is 20.5 Å². The number of benzene rings is 1. The average Bonchev–Trinajstić information content (AvgIpc) is 2.39. The third-order valence-corrected chi connectivity index (χ3v) is 2.47. The van der Waals surface area contributed by atoms with Gasteiger partial charge in [-0.3, -0.25) is 0 Å². The van der Waals surface area contributed by atoms with Gasteiger partial charge in [-0.25, -0.2) is 4.79 Å². The van der Waals surface area contributed by atoms with Crippen LogP contribution in [-0.2, 0) is 9.47 Å². The van der Waals surface area contributed by atoms with Gasteiger partial charge in [-0.1, -0.05) is 6.07 Å². The smallest absolute Gasteiger partial charge is 0.340 e. The number of nitrogen functional groups attached to an aromatic ring is 1. The van der Waals surface area contributed by atoms with Crippen molar-refractivity contribution in [1.82, 2.24) is 0 Å². The molecule has 0 bridgehead atoms. The Morgan fingerprint density at radius 1 is 1.44 bits per heavy atom. The van der Waals surface area contributed by atoms with Crippen LogP contribution in [0, 0.1) is 0 Å². The largest absolute Gasteiger partial charge is 0.465 e. The van der Waals surface area contributed by atoms with Crippen molar-refractivity contribution < 1.29 is 14.3 Å². The van der Waals surface area contributed by atoms with Crippen molar-refractivity contribution in [3.63, 3.8) is 0 Å². The Morgan fingerprint density at radius 3 is 2.89 bits per heavy atom. The number of esters is 1. The van der Waals surface area contributed by atoms with Crippen molar-refractivity contribution in [3.8, 4) is 0 Å². The molecule has 0 heterocycles. The summed E-state index contributed by atoms with van der Waals surface area (Å²) >= 11 is 0. The number of hydrogen-bond donors (Lipinski definition) is 2. The third-order valence-electron chi connectivity index (χ3n) is 2.47. The highest BCUT2D eigenvalue weighted by atomic mass is 16.5. The van der Waals surface area contributed by atoms with Gasteiger partial charge in [-0.15, -0.1) is 0 Å². The summed E-state index contributed by atoms with van der Waals surface area (Å²) in [5.41, 5.74) is 7.47. The normalized spacial score (nSPS) is 10.1. The molecule has 0 unspecified atom stereocenters. The average molecular weight is 252 g/mol. The molecule has 0 aliphatic carbocycles. The Hall–Kier alpha value is -1.75. The number of anilines is 2. The fourth-order valence-electron chi connectivity index (χ4n) is 1.58. The van der Waals surface area contributed by atoms with Crippen molar-refractivity contribution in [3.05, 3.63) is 23.8 Å². The van der Waals surface area contributed by atoms with Crippen LogP contribution in [0.1, 0.15) is 23.7 Å². The summed E-state index contributed by atoms with van der Waals surface area (Å²) in [7, 11) is 1.35. The minimum absolute atomic E-state index is 0.394. The number of hydrogen-bond acceptors (Lipinski definition) is 5. The molecule has 1 aromatic rings. The molecule has 0 atom stereocenters. The van der Waals surface area contributed by atoms with E-state index < -0.39 is 5.97 Å². The zero-order valence-corrected chi connectivity index (χ0v) is 10.9. The number of nitrogens with one attached hydrogen (secondary N) is 1. The standard InChI is InChI=1S/C13H20N2O3/c1-3-18-9-5-8-15-12-10(13(16)17-2)6-4-7-11(12)14/h4,6-7,15H,3,5,8-9,14H2,1-2H3. The minimum atomic E-state index is -0.394. The molecule has 3 N–H and O–H groups in total. The van der Waals surface area contributed by atoms with Gasteiger partial charge in [0.15, 0.2) is 0 Å². The van der Waals surface area contributed by atoms with E-state index in [1.807, 2.05) is 6.92 Å². The number of rotatable bonds is 7. The Balaban J connectivity index is 2.65. The molecule has 0 radical (unpaired) electrons. The summed E-state index contributed by atoms with van der Waals surface area (Å²) in [6.45, 7) is 4.04. The molecule has 0 saturated carbocycles. The van der Waals surface area contributed by atoms with Gasteiger partial charge >= 0.3 is 5.97 Å². The molecule has 0 saturated heterocycles. The predicted octanol–water partition coefficient (Wildman–Crippen LogP) is 1.89. The lowest BCUT2D eigenvalue weighted by atomic mass is 10.1. The predicted molar refractivity (Wildman–Crippen MR) is 71.8 cm³/mol. The van der Waals surface area contributed by atoms with Gasteiger partial charge in [0.25, 0.3) is 0 Å². The maximum Gasteiger partial charge on any atom is 0.340 e. The fourth-order valence-corrected chi connectivity index (χ4v) is 1.58. The summed E-state index contributed by atoms with van der Waals surface area (Å²) in [6, 6.07) is 5.16. The first-order chi connectivity index (χ1) is 8.70. The van der Waals surface area contributed by atoms with Crippen LogP contribution in [0.5, 0.6) is 0 Å². The van der Waals surface area contributed by atoms with Gasteiger partial charge in [0.2, 0.25) is 0 Å². The van der Waals surface area contributed by atoms with Gasteiger partial charge in [-0.2, -0.15) is 0 Å². The van der Waals surface area contributed by atoms with Crippen LogP contribution in [-0.4, -0.2) is 32.8 Å². The van der Waals surface area contributed by atoms with Crippen molar-refractivity contribution >= 4 is 17.3 Å². The number of para-hydroxylation sites is 1. The SMILES string of the molecule is CCOCCCNc1c(N)cccc1C(=O)OC. The number of carbonyl (C=O) groups is 1. The molecule has 0 amide bonds. The zero-order valence-electron chi connectivity index (χ0n) is 10.9. The van der Waals surface area contributed by atoms with E-state index >= 15 is 0 Å². The highest BCUT2D eigenvalue weighted by Gasteiger charge is 2.13.